The number of hydrogen-bond acceptors (Lipinski definition) is 2. The van der Waals surface area contributed by atoms with Crippen molar-refractivity contribution < 1.29 is 0 Å². The predicted octanol–water partition coefficient (Wildman–Crippen LogP) is 5.98. The maximum Gasteiger partial charge on any atom is 0.0345 e. The zero-order chi connectivity index (χ0) is 13.8. The third kappa shape index (κ3) is 3.66. The summed E-state index contributed by atoms with van der Waals surface area (Å²) in [4.78, 5) is 4.41. The van der Waals surface area contributed by atoms with Gasteiger partial charge >= 0.3 is 0 Å². The number of halogens is 1. The summed E-state index contributed by atoms with van der Waals surface area (Å²) in [7, 11) is 0. The maximum atomic E-state index is 3.73. The Labute approximate surface area is 135 Å². The van der Waals surface area contributed by atoms with E-state index < -0.39 is 0 Å². The Bertz CT molecular complexity index is 387. The molecule has 0 bridgehead atoms. The third-order valence-corrected chi connectivity index (χ3v) is 7.02. The second kappa shape index (κ2) is 7.42. The zero-order valence-electron chi connectivity index (χ0n) is 12.3. The van der Waals surface area contributed by atoms with Gasteiger partial charge in [-0.2, -0.15) is 0 Å². The van der Waals surface area contributed by atoms with Gasteiger partial charge in [0.2, 0.25) is 0 Å². The van der Waals surface area contributed by atoms with Crippen molar-refractivity contribution in [1.29, 1.82) is 0 Å². The Morgan fingerprint density at radius 2 is 1.50 bits per heavy atom. The molecule has 2 aliphatic carbocycles. The van der Waals surface area contributed by atoms with Gasteiger partial charge in [-0.05, 0) is 53.1 Å². The summed E-state index contributed by atoms with van der Waals surface area (Å²) < 4.78 is 1.32. The molecule has 0 atom stereocenters. The Morgan fingerprint density at radius 3 is 1.95 bits per heavy atom. The van der Waals surface area contributed by atoms with Crippen LogP contribution in [0.1, 0.15) is 69.1 Å². The minimum Gasteiger partial charge on any atom is -0.292 e. The predicted molar refractivity (Wildman–Crippen MR) is 91.3 cm³/mol. The molecule has 3 heteroatoms. The highest BCUT2D eigenvalue weighted by molar-refractivity contribution is 9.10. The molecule has 0 N–H and O–H groups in total. The van der Waals surface area contributed by atoms with E-state index >= 15 is 0 Å². The molecule has 2 aliphatic rings. The lowest BCUT2D eigenvalue weighted by atomic mass is 9.88. The third-order valence-electron chi connectivity index (χ3n) is 5.10. The fourth-order valence-electron chi connectivity index (χ4n) is 3.99. The standard InChI is InChI=1S/C17H26BrNS/c18-16-11-12-20-17(16)13-19(14-7-3-1-4-8-14)15-9-5-2-6-10-15/h11-12,14-15H,1-10,13H2. The zero-order valence-corrected chi connectivity index (χ0v) is 14.7. The van der Waals surface area contributed by atoms with Crippen molar-refractivity contribution >= 4 is 27.3 Å². The molecule has 0 unspecified atom stereocenters. The van der Waals surface area contributed by atoms with E-state index in [1.54, 1.807) is 0 Å². The lowest BCUT2D eigenvalue weighted by Crippen LogP contribution is -2.44. The van der Waals surface area contributed by atoms with Crippen LogP contribution in [0.2, 0.25) is 0 Å². The SMILES string of the molecule is Brc1ccsc1CN(C1CCCCC1)C1CCCCC1. The van der Waals surface area contributed by atoms with Crippen LogP contribution in [0, 0.1) is 0 Å². The van der Waals surface area contributed by atoms with Gasteiger partial charge in [-0.3, -0.25) is 4.90 Å². The summed E-state index contributed by atoms with van der Waals surface area (Å²) in [5.74, 6) is 0. The van der Waals surface area contributed by atoms with Crippen molar-refractivity contribution in [1.82, 2.24) is 4.90 Å². The molecule has 3 rings (SSSR count). The van der Waals surface area contributed by atoms with Crippen LogP contribution in [0.15, 0.2) is 15.9 Å². The van der Waals surface area contributed by atoms with Gasteiger partial charge in [0.15, 0.2) is 0 Å². The summed E-state index contributed by atoms with van der Waals surface area (Å²) in [5.41, 5.74) is 0. The summed E-state index contributed by atoms with van der Waals surface area (Å²) in [6, 6.07) is 3.90. The molecule has 0 spiro atoms. The van der Waals surface area contributed by atoms with Crippen molar-refractivity contribution in [3.05, 3.63) is 20.8 Å². The smallest absolute Gasteiger partial charge is 0.0345 e. The first kappa shape index (κ1) is 15.1. The van der Waals surface area contributed by atoms with Gasteiger partial charge in [0.05, 0.1) is 0 Å². The van der Waals surface area contributed by atoms with Crippen molar-refractivity contribution in [3.63, 3.8) is 0 Å². The number of hydrogen-bond donors (Lipinski definition) is 0. The van der Waals surface area contributed by atoms with Gasteiger partial charge in [-0.1, -0.05) is 38.5 Å². The lowest BCUT2D eigenvalue weighted by molar-refractivity contribution is 0.0739. The highest BCUT2D eigenvalue weighted by Gasteiger charge is 2.29. The maximum absolute atomic E-state index is 3.73. The molecule has 0 radical (unpaired) electrons. The van der Waals surface area contributed by atoms with E-state index in [1.807, 2.05) is 11.3 Å². The fraction of sp³-hybridized carbons (Fsp3) is 0.765. The number of rotatable bonds is 4. The largest absolute Gasteiger partial charge is 0.292 e. The Hall–Kier alpha value is 0.140. The van der Waals surface area contributed by atoms with E-state index in [1.165, 1.54) is 80.1 Å². The average Bonchev–Trinajstić information content (AvgIpc) is 2.92. The van der Waals surface area contributed by atoms with E-state index in [9.17, 15) is 0 Å². The van der Waals surface area contributed by atoms with Gasteiger partial charge in [0, 0.05) is 28.0 Å². The topological polar surface area (TPSA) is 3.24 Å². The van der Waals surface area contributed by atoms with E-state index in [4.69, 9.17) is 0 Å². The average molecular weight is 356 g/mol. The van der Waals surface area contributed by atoms with Crippen LogP contribution in [0.25, 0.3) is 0 Å². The van der Waals surface area contributed by atoms with Crippen molar-refractivity contribution in [3.8, 4) is 0 Å². The molecular formula is C17H26BrNS. The molecule has 2 fully saturated rings. The molecule has 112 valence electrons. The van der Waals surface area contributed by atoms with Gasteiger partial charge in [-0.15, -0.1) is 11.3 Å². The Kier molecular flexibility index (Phi) is 5.58. The second-order valence-electron chi connectivity index (χ2n) is 6.45. The Balaban J connectivity index is 1.73. The summed E-state index contributed by atoms with van der Waals surface area (Å²) in [6.45, 7) is 1.17. The molecule has 1 aromatic heterocycles. The molecule has 0 saturated heterocycles. The van der Waals surface area contributed by atoms with Crippen LogP contribution < -0.4 is 0 Å². The van der Waals surface area contributed by atoms with Gasteiger partial charge in [-0.25, -0.2) is 0 Å². The molecule has 0 aliphatic heterocycles. The first-order valence-corrected chi connectivity index (χ1v) is 9.99. The summed E-state index contributed by atoms with van der Waals surface area (Å²) in [6.07, 6.45) is 14.4. The summed E-state index contributed by atoms with van der Waals surface area (Å²) in [5, 5.41) is 2.22. The number of thiophene rings is 1. The molecule has 1 nitrogen and oxygen atoms in total. The van der Waals surface area contributed by atoms with Crippen LogP contribution in [-0.2, 0) is 6.54 Å². The highest BCUT2D eigenvalue weighted by Crippen LogP contribution is 2.33. The molecule has 1 aromatic rings. The molecule has 20 heavy (non-hydrogen) atoms. The minimum atomic E-state index is 0.848. The van der Waals surface area contributed by atoms with E-state index in [-0.39, 0.29) is 0 Å². The molecule has 2 saturated carbocycles. The molecule has 1 heterocycles. The lowest BCUT2D eigenvalue weighted by Gasteiger charge is -2.41. The molecule has 0 amide bonds. The molecule has 0 aromatic carbocycles. The number of nitrogens with zero attached hydrogens (tertiary/aromatic N) is 1. The second-order valence-corrected chi connectivity index (χ2v) is 8.30. The van der Waals surface area contributed by atoms with Crippen molar-refractivity contribution in [2.24, 2.45) is 0 Å². The fourth-order valence-corrected chi connectivity index (χ4v) is 5.47. The van der Waals surface area contributed by atoms with Crippen LogP contribution >= 0.6 is 27.3 Å². The van der Waals surface area contributed by atoms with Gasteiger partial charge < -0.3 is 0 Å². The van der Waals surface area contributed by atoms with E-state index in [0.29, 0.717) is 0 Å². The van der Waals surface area contributed by atoms with E-state index in [0.717, 1.165) is 12.1 Å². The monoisotopic (exact) mass is 355 g/mol. The van der Waals surface area contributed by atoms with Crippen molar-refractivity contribution in [2.75, 3.05) is 0 Å². The van der Waals surface area contributed by atoms with Crippen LogP contribution in [0.3, 0.4) is 0 Å². The quantitative estimate of drug-likeness (QED) is 0.642. The van der Waals surface area contributed by atoms with Crippen molar-refractivity contribution in [2.45, 2.75) is 82.8 Å². The van der Waals surface area contributed by atoms with Gasteiger partial charge in [0.1, 0.15) is 0 Å². The summed E-state index contributed by atoms with van der Waals surface area (Å²) >= 11 is 5.64. The normalized spacial score (nSPS) is 22.5. The Morgan fingerprint density at radius 1 is 0.950 bits per heavy atom. The van der Waals surface area contributed by atoms with E-state index in [2.05, 4.69) is 32.3 Å². The first-order valence-electron chi connectivity index (χ1n) is 8.32. The van der Waals surface area contributed by atoms with Crippen LogP contribution in [-0.4, -0.2) is 17.0 Å². The highest BCUT2D eigenvalue weighted by atomic mass is 79.9. The van der Waals surface area contributed by atoms with Gasteiger partial charge in [0.25, 0.3) is 0 Å². The first-order chi connectivity index (χ1) is 9.84. The molecular weight excluding hydrogens is 330 g/mol. The van der Waals surface area contributed by atoms with Crippen LogP contribution in [0.5, 0.6) is 0 Å². The van der Waals surface area contributed by atoms with Crippen LogP contribution in [0.4, 0.5) is 0 Å². The minimum absolute atomic E-state index is 0.848.